The normalized spacial score (nSPS) is 21.9. The zero-order valence-electron chi connectivity index (χ0n) is 8.60. The van der Waals surface area contributed by atoms with Crippen LogP contribution in [0.4, 0.5) is 0 Å². The maximum atomic E-state index is 11.9. The fourth-order valence-corrected chi connectivity index (χ4v) is 1.60. The largest absolute Gasteiger partial charge is 0.378 e. The first-order valence-corrected chi connectivity index (χ1v) is 4.89. The Hall–Kier alpha value is -1.43. The van der Waals surface area contributed by atoms with Crippen LogP contribution in [0.3, 0.4) is 0 Å². The first-order valence-electron chi connectivity index (χ1n) is 4.89. The van der Waals surface area contributed by atoms with Gasteiger partial charge in [-0.05, 0) is 0 Å². The molecule has 0 radical (unpaired) electrons. The van der Waals surface area contributed by atoms with Gasteiger partial charge in [0.2, 0.25) is 5.91 Å². The standard InChI is InChI=1S/C9H13N3O3/c1-11-8(13)6-7(10-11)9(14)12-2-4-15-5-3-12/h2-6H2,1H3. The van der Waals surface area contributed by atoms with Gasteiger partial charge < -0.3 is 9.64 Å². The van der Waals surface area contributed by atoms with Gasteiger partial charge in [0.15, 0.2) is 0 Å². The number of carbonyl (C=O) groups is 2. The van der Waals surface area contributed by atoms with Gasteiger partial charge >= 0.3 is 0 Å². The Labute approximate surface area is 87.5 Å². The van der Waals surface area contributed by atoms with Crippen LogP contribution in [0, 0.1) is 0 Å². The van der Waals surface area contributed by atoms with E-state index in [0.29, 0.717) is 32.0 Å². The summed E-state index contributed by atoms with van der Waals surface area (Å²) in [5.74, 6) is -0.275. The summed E-state index contributed by atoms with van der Waals surface area (Å²) in [6, 6.07) is 0. The van der Waals surface area contributed by atoms with Crippen LogP contribution in [0.2, 0.25) is 0 Å². The third kappa shape index (κ3) is 1.99. The minimum Gasteiger partial charge on any atom is -0.378 e. The molecular formula is C9H13N3O3. The molecule has 2 aliphatic heterocycles. The molecule has 0 aromatic carbocycles. The zero-order valence-corrected chi connectivity index (χ0v) is 8.60. The van der Waals surface area contributed by atoms with Crippen LogP contribution in [0.15, 0.2) is 5.10 Å². The lowest BCUT2D eigenvalue weighted by molar-refractivity contribution is -0.129. The summed E-state index contributed by atoms with van der Waals surface area (Å²) in [5.41, 5.74) is 0.337. The van der Waals surface area contributed by atoms with E-state index in [1.165, 1.54) is 5.01 Å². The Morgan fingerprint density at radius 1 is 1.40 bits per heavy atom. The quantitative estimate of drug-likeness (QED) is 0.562. The van der Waals surface area contributed by atoms with Crippen LogP contribution in [-0.2, 0) is 14.3 Å². The molecule has 0 atom stereocenters. The van der Waals surface area contributed by atoms with E-state index in [2.05, 4.69) is 5.10 Å². The summed E-state index contributed by atoms with van der Waals surface area (Å²) in [7, 11) is 1.56. The average Bonchev–Trinajstić information content (AvgIpc) is 2.59. The highest BCUT2D eigenvalue weighted by Crippen LogP contribution is 2.09. The number of nitrogens with zero attached hydrogens (tertiary/aromatic N) is 3. The number of hydrazone groups is 1. The van der Waals surface area contributed by atoms with Crippen molar-refractivity contribution in [2.75, 3.05) is 33.4 Å². The molecule has 15 heavy (non-hydrogen) atoms. The molecule has 82 valence electrons. The number of morpholine rings is 1. The van der Waals surface area contributed by atoms with Crippen molar-refractivity contribution in [2.45, 2.75) is 6.42 Å². The van der Waals surface area contributed by atoms with Crippen molar-refractivity contribution in [3.8, 4) is 0 Å². The Morgan fingerprint density at radius 3 is 2.60 bits per heavy atom. The molecule has 6 nitrogen and oxygen atoms in total. The van der Waals surface area contributed by atoms with Crippen molar-refractivity contribution in [1.29, 1.82) is 0 Å². The van der Waals surface area contributed by atoms with Crippen LogP contribution in [0.5, 0.6) is 0 Å². The molecule has 0 spiro atoms. The summed E-state index contributed by atoms with van der Waals surface area (Å²) in [5, 5.41) is 5.13. The molecule has 0 N–H and O–H groups in total. The van der Waals surface area contributed by atoms with Gasteiger partial charge in [0.1, 0.15) is 5.71 Å². The molecule has 0 aliphatic carbocycles. The lowest BCUT2D eigenvalue weighted by Gasteiger charge is -2.26. The highest BCUT2D eigenvalue weighted by Gasteiger charge is 2.29. The molecule has 0 saturated carbocycles. The molecule has 6 heteroatoms. The maximum Gasteiger partial charge on any atom is 0.270 e. The van der Waals surface area contributed by atoms with E-state index in [4.69, 9.17) is 4.74 Å². The number of hydrogen-bond donors (Lipinski definition) is 0. The molecule has 2 aliphatic rings. The lowest BCUT2D eigenvalue weighted by atomic mass is 10.2. The second-order valence-corrected chi connectivity index (χ2v) is 3.55. The number of ether oxygens (including phenoxy) is 1. The summed E-state index contributed by atoms with van der Waals surface area (Å²) in [6.45, 7) is 2.27. The molecular weight excluding hydrogens is 198 g/mol. The van der Waals surface area contributed by atoms with Crippen LogP contribution < -0.4 is 0 Å². The predicted molar refractivity (Wildman–Crippen MR) is 52.2 cm³/mol. The fraction of sp³-hybridized carbons (Fsp3) is 0.667. The molecule has 0 bridgehead atoms. The summed E-state index contributed by atoms with van der Waals surface area (Å²) >= 11 is 0. The fourth-order valence-electron chi connectivity index (χ4n) is 1.60. The molecule has 2 rings (SSSR count). The van der Waals surface area contributed by atoms with Gasteiger partial charge in [0, 0.05) is 20.1 Å². The summed E-state index contributed by atoms with van der Waals surface area (Å²) in [4.78, 5) is 24.7. The summed E-state index contributed by atoms with van der Waals surface area (Å²) < 4.78 is 5.14. The first-order chi connectivity index (χ1) is 7.18. The van der Waals surface area contributed by atoms with E-state index in [9.17, 15) is 9.59 Å². The predicted octanol–water partition coefficient (Wildman–Crippen LogP) is -0.937. The van der Waals surface area contributed by atoms with Crippen LogP contribution in [-0.4, -0.2) is 60.8 Å². The van der Waals surface area contributed by atoms with E-state index < -0.39 is 0 Å². The smallest absolute Gasteiger partial charge is 0.270 e. The van der Waals surface area contributed by atoms with Crippen molar-refractivity contribution in [1.82, 2.24) is 9.91 Å². The molecule has 0 unspecified atom stereocenters. The van der Waals surface area contributed by atoms with Crippen molar-refractivity contribution >= 4 is 17.5 Å². The Bertz CT molecular complexity index is 321. The number of amides is 2. The topological polar surface area (TPSA) is 62.2 Å². The van der Waals surface area contributed by atoms with E-state index >= 15 is 0 Å². The van der Waals surface area contributed by atoms with Gasteiger partial charge in [-0.15, -0.1) is 0 Å². The minimum absolute atomic E-state index is 0.118. The highest BCUT2D eigenvalue weighted by atomic mass is 16.5. The SMILES string of the molecule is CN1N=C(C(=O)N2CCOCC2)CC1=O. The molecule has 2 heterocycles. The monoisotopic (exact) mass is 211 g/mol. The van der Waals surface area contributed by atoms with Crippen molar-refractivity contribution in [3.05, 3.63) is 0 Å². The highest BCUT2D eigenvalue weighted by molar-refractivity contribution is 6.43. The third-order valence-corrected chi connectivity index (χ3v) is 2.50. The Balaban J connectivity index is 2.02. The van der Waals surface area contributed by atoms with Crippen LogP contribution in [0.1, 0.15) is 6.42 Å². The van der Waals surface area contributed by atoms with E-state index in [-0.39, 0.29) is 18.2 Å². The molecule has 0 aromatic rings. The van der Waals surface area contributed by atoms with Gasteiger partial charge in [-0.2, -0.15) is 5.10 Å². The van der Waals surface area contributed by atoms with Crippen molar-refractivity contribution in [3.63, 3.8) is 0 Å². The second kappa shape index (κ2) is 3.98. The van der Waals surface area contributed by atoms with Gasteiger partial charge in [0.05, 0.1) is 19.6 Å². The second-order valence-electron chi connectivity index (χ2n) is 3.55. The zero-order chi connectivity index (χ0) is 10.8. The van der Waals surface area contributed by atoms with Gasteiger partial charge in [0.25, 0.3) is 5.91 Å². The van der Waals surface area contributed by atoms with Gasteiger partial charge in [-0.1, -0.05) is 0 Å². The van der Waals surface area contributed by atoms with Crippen molar-refractivity contribution < 1.29 is 14.3 Å². The average molecular weight is 211 g/mol. The van der Waals surface area contributed by atoms with Crippen LogP contribution >= 0.6 is 0 Å². The lowest BCUT2D eigenvalue weighted by Crippen LogP contribution is -2.43. The number of rotatable bonds is 1. The Kier molecular flexibility index (Phi) is 2.68. The number of carbonyl (C=O) groups excluding carboxylic acids is 2. The summed E-state index contributed by atoms with van der Waals surface area (Å²) in [6.07, 6.45) is 0.118. The van der Waals surface area contributed by atoms with Gasteiger partial charge in [-0.3, -0.25) is 9.59 Å². The van der Waals surface area contributed by atoms with Gasteiger partial charge in [-0.25, -0.2) is 5.01 Å². The first kappa shape index (κ1) is 10.1. The molecule has 1 fully saturated rings. The van der Waals surface area contributed by atoms with E-state index in [1.54, 1.807) is 11.9 Å². The van der Waals surface area contributed by atoms with E-state index in [0.717, 1.165) is 0 Å². The molecule has 1 saturated heterocycles. The maximum absolute atomic E-state index is 11.9. The molecule has 0 aromatic heterocycles. The number of hydrogen-bond acceptors (Lipinski definition) is 4. The minimum atomic E-state index is -0.143. The van der Waals surface area contributed by atoms with Crippen molar-refractivity contribution in [2.24, 2.45) is 5.10 Å². The molecule has 2 amide bonds. The Morgan fingerprint density at radius 2 is 2.07 bits per heavy atom. The van der Waals surface area contributed by atoms with E-state index in [1.807, 2.05) is 0 Å². The third-order valence-electron chi connectivity index (χ3n) is 2.50. The van der Waals surface area contributed by atoms with Crippen LogP contribution in [0.25, 0.3) is 0 Å².